The molecule has 0 aliphatic heterocycles. The minimum absolute atomic E-state index is 0.137. The summed E-state index contributed by atoms with van der Waals surface area (Å²) >= 11 is 0. The van der Waals surface area contributed by atoms with Crippen LogP contribution in [0.1, 0.15) is 20.8 Å². The number of carbonyl (C=O) groups is 2. The lowest BCUT2D eigenvalue weighted by Gasteiger charge is -2.09. The van der Waals surface area contributed by atoms with E-state index in [9.17, 15) is 9.59 Å². The molecular formula is C14H14N2O3. The summed E-state index contributed by atoms with van der Waals surface area (Å²) in [6.45, 7) is -0.137. The van der Waals surface area contributed by atoms with Crippen molar-refractivity contribution in [1.82, 2.24) is 4.57 Å². The van der Waals surface area contributed by atoms with Gasteiger partial charge in [0.2, 0.25) is 5.78 Å². The zero-order chi connectivity index (χ0) is 13.8. The Balaban J connectivity index is 2.10. The fourth-order valence-corrected chi connectivity index (χ4v) is 1.76. The van der Waals surface area contributed by atoms with E-state index in [1.54, 1.807) is 54.2 Å². The number of benzene rings is 1. The number of nitrogens with two attached hydrogens (primary N) is 1. The van der Waals surface area contributed by atoms with Gasteiger partial charge in [0, 0.05) is 13.2 Å². The minimum atomic E-state index is -0.582. The van der Waals surface area contributed by atoms with Crippen molar-refractivity contribution in [2.75, 3.05) is 6.61 Å². The molecule has 1 heterocycles. The summed E-state index contributed by atoms with van der Waals surface area (Å²) in [6, 6.07) is 10.1. The third-order valence-electron chi connectivity index (χ3n) is 2.74. The standard InChI is InChI=1S/C14H14N2O3/c1-16-8-4-6-11(16)12(17)9-19-13-7-3-2-5-10(13)14(15)18/h2-8H,9H2,1H3,(H2,15,18). The summed E-state index contributed by atoms with van der Waals surface area (Å²) in [7, 11) is 1.78. The van der Waals surface area contributed by atoms with Crippen molar-refractivity contribution < 1.29 is 14.3 Å². The van der Waals surface area contributed by atoms with Crippen LogP contribution in [0.4, 0.5) is 0 Å². The smallest absolute Gasteiger partial charge is 0.252 e. The van der Waals surface area contributed by atoms with Gasteiger partial charge >= 0.3 is 0 Å². The van der Waals surface area contributed by atoms with Gasteiger partial charge in [-0.1, -0.05) is 12.1 Å². The molecule has 2 N–H and O–H groups in total. The van der Waals surface area contributed by atoms with Gasteiger partial charge in [0.05, 0.1) is 11.3 Å². The van der Waals surface area contributed by atoms with Gasteiger partial charge in [-0.25, -0.2) is 0 Å². The van der Waals surface area contributed by atoms with Crippen LogP contribution in [0.25, 0.3) is 0 Å². The van der Waals surface area contributed by atoms with E-state index >= 15 is 0 Å². The molecule has 0 aliphatic rings. The number of nitrogens with zero attached hydrogens (tertiary/aromatic N) is 1. The van der Waals surface area contributed by atoms with Crippen LogP contribution < -0.4 is 10.5 Å². The lowest BCUT2D eigenvalue weighted by Crippen LogP contribution is -2.17. The van der Waals surface area contributed by atoms with Crippen LogP contribution in [0.3, 0.4) is 0 Å². The average Bonchev–Trinajstić information content (AvgIpc) is 2.82. The third kappa shape index (κ3) is 2.82. The van der Waals surface area contributed by atoms with Crippen molar-refractivity contribution in [2.24, 2.45) is 12.8 Å². The Morgan fingerprint density at radius 2 is 1.95 bits per heavy atom. The molecule has 1 aromatic carbocycles. The molecule has 1 amide bonds. The number of ketones is 1. The number of aryl methyl sites for hydroxylation is 1. The number of primary amides is 1. The molecule has 0 fully saturated rings. The second-order valence-corrected chi connectivity index (χ2v) is 4.08. The highest BCUT2D eigenvalue weighted by Gasteiger charge is 2.13. The molecule has 0 spiro atoms. The molecule has 5 nitrogen and oxygen atoms in total. The van der Waals surface area contributed by atoms with E-state index in [1.807, 2.05) is 0 Å². The van der Waals surface area contributed by atoms with E-state index in [-0.39, 0.29) is 18.0 Å². The maximum atomic E-state index is 11.9. The molecule has 0 atom stereocenters. The van der Waals surface area contributed by atoms with Crippen molar-refractivity contribution in [1.29, 1.82) is 0 Å². The Morgan fingerprint density at radius 1 is 1.21 bits per heavy atom. The number of para-hydroxylation sites is 1. The SMILES string of the molecule is Cn1cccc1C(=O)COc1ccccc1C(N)=O. The highest BCUT2D eigenvalue weighted by Crippen LogP contribution is 2.17. The second-order valence-electron chi connectivity index (χ2n) is 4.08. The molecule has 5 heteroatoms. The fourth-order valence-electron chi connectivity index (χ4n) is 1.76. The number of carbonyl (C=O) groups excluding carboxylic acids is 2. The van der Waals surface area contributed by atoms with Crippen LogP contribution in [-0.2, 0) is 7.05 Å². The highest BCUT2D eigenvalue weighted by atomic mass is 16.5. The normalized spacial score (nSPS) is 10.2. The Bertz CT molecular complexity index is 617. The molecule has 19 heavy (non-hydrogen) atoms. The molecule has 1 aromatic heterocycles. The number of Topliss-reactive ketones (excluding diaryl/α,β-unsaturated/α-hetero) is 1. The first-order chi connectivity index (χ1) is 9.09. The summed E-state index contributed by atoms with van der Waals surface area (Å²) in [5, 5.41) is 0. The molecule has 0 aliphatic carbocycles. The van der Waals surface area contributed by atoms with Crippen LogP contribution in [-0.4, -0.2) is 22.9 Å². The number of hydrogen-bond acceptors (Lipinski definition) is 3. The van der Waals surface area contributed by atoms with Gasteiger partial charge in [0.25, 0.3) is 5.91 Å². The molecule has 0 radical (unpaired) electrons. The molecule has 2 aromatic rings. The molecule has 0 saturated carbocycles. The lowest BCUT2D eigenvalue weighted by molar-refractivity contribution is 0.0904. The average molecular weight is 258 g/mol. The van der Waals surface area contributed by atoms with E-state index in [0.29, 0.717) is 11.4 Å². The summed E-state index contributed by atoms with van der Waals surface area (Å²) < 4.78 is 7.09. The van der Waals surface area contributed by atoms with Crippen molar-refractivity contribution in [2.45, 2.75) is 0 Å². The van der Waals surface area contributed by atoms with E-state index in [4.69, 9.17) is 10.5 Å². The summed E-state index contributed by atoms with van der Waals surface area (Å²) in [5.74, 6) is -0.425. The summed E-state index contributed by atoms with van der Waals surface area (Å²) in [4.78, 5) is 23.1. The maximum Gasteiger partial charge on any atom is 0.252 e. The third-order valence-corrected chi connectivity index (χ3v) is 2.74. The van der Waals surface area contributed by atoms with Gasteiger partial charge < -0.3 is 15.0 Å². The quantitative estimate of drug-likeness (QED) is 0.823. The molecule has 98 valence electrons. The zero-order valence-electron chi connectivity index (χ0n) is 10.5. The van der Waals surface area contributed by atoms with Crippen molar-refractivity contribution in [3.8, 4) is 5.75 Å². The first-order valence-corrected chi connectivity index (χ1v) is 5.75. The number of hydrogen-bond donors (Lipinski definition) is 1. The van der Waals surface area contributed by atoms with E-state index in [0.717, 1.165) is 0 Å². The Hall–Kier alpha value is -2.56. The second kappa shape index (κ2) is 5.39. The zero-order valence-corrected chi connectivity index (χ0v) is 10.5. The Kier molecular flexibility index (Phi) is 3.66. The molecule has 2 rings (SSSR count). The molecule has 0 unspecified atom stereocenters. The number of ether oxygens (including phenoxy) is 1. The van der Waals surface area contributed by atoms with Gasteiger partial charge in [-0.15, -0.1) is 0 Å². The van der Waals surface area contributed by atoms with Crippen LogP contribution in [0, 0.1) is 0 Å². The van der Waals surface area contributed by atoms with Gasteiger partial charge in [-0.05, 0) is 24.3 Å². The van der Waals surface area contributed by atoms with Crippen LogP contribution in [0.2, 0.25) is 0 Å². The lowest BCUT2D eigenvalue weighted by atomic mass is 10.2. The highest BCUT2D eigenvalue weighted by molar-refractivity contribution is 5.97. The topological polar surface area (TPSA) is 74.3 Å². The fraction of sp³-hybridized carbons (Fsp3) is 0.143. The molecule has 0 bridgehead atoms. The predicted molar refractivity (Wildman–Crippen MR) is 70.2 cm³/mol. The first-order valence-electron chi connectivity index (χ1n) is 5.75. The Morgan fingerprint density at radius 3 is 2.58 bits per heavy atom. The van der Waals surface area contributed by atoms with Gasteiger partial charge in [0.15, 0.2) is 6.61 Å². The minimum Gasteiger partial charge on any atom is -0.485 e. The largest absolute Gasteiger partial charge is 0.485 e. The van der Waals surface area contributed by atoms with Gasteiger partial charge in [0.1, 0.15) is 5.75 Å². The van der Waals surface area contributed by atoms with E-state index in [2.05, 4.69) is 0 Å². The van der Waals surface area contributed by atoms with Gasteiger partial charge in [-0.2, -0.15) is 0 Å². The van der Waals surface area contributed by atoms with Gasteiger partial charge in [-0.3, -0.25) is 9.59 Å². The van der Waals surface area contributed by atoms with Crippen molar-refractivity contribution >= 4 is 11.7 Å². The number of rotatable bonds is 5. The summed E-state index contributed by atoms with van der Waals surface area (Å²) in [5.41, 5.74) is 6.05. The van der Waals surface area contributed by atoms with E-state index in [1.165, 1.54) is 0 Å². The first kappa shape index (κ1) is 12.9. The predicted octanol–water partition coefficient (Wildman–Crippen LogP) is 1.39. The Labute approximate surface area is 110 Å². The number of aromatic nitrogens is 1. The summed E-state index contributed by atoms with van der Waals surface area (Å²) in [6.07, 6.45) is 1.78. The molecular weight excluding hydrogens is 244 g/mol. The number of amides is 1. The van der Waals surface area contributed by atoms with E-state index < -0.39 is 5.91 Å². The molecule has 0 saturated heterocycles. The maximum absolute atomic E-state index is 11.9. The van der Waals surface area contributed by atoms with Crippen LogP contribution in [0.15, 0.2) is 42.6 Å². The van der Waals surface area contributed by atoms with Crippen LogP contribution >= 0.6 is 0 Å². The van der Waals surface area contributed by atoms with Crippen molar-refractivity contribution in [3.05, 3.63) is 53.9 Å². The van der Waals surface area contributed by atoms with Crippen LogP contribution in [0.5, 0.6) is 5.75 Å². The van der Waals surface area contributed by atoms with Crippen molar-refractivity contribution in [3.63, 3.8) is 0 Å². The monoisotopic (exact) mass is 258 g/mol.